The van der Waals surface area contributed by atoms with E-state index in [0.29, 0.717) is 34.7 Å². The highest BCUT2D eigenvalue weighted by Crippen LogP contribution is 2.38. The lowest BCUT2D eigenvalue weighted by Gasteiger charge is -2.15. The van der Waals surface area contributed by atoms with Gasteiger partial charge in [-0.3, -0.25) is 0 Å². The molecule has 0 saturated heterocycles. The van der Waals surface area contributed by atoms with Crippen LogP contribution in [0.25, 0.3) is 6.08 Å². The normalized spacial score (nSPS) is 14.2. The molecule has 0 aromatic heterocycles. The summed E-state index contributed by atoms with van der Waals surface area (Å²) in [6.45, 7) is 2.80. The molecule has 0 radical (unpaired) electrons. The Morgan fingerprint density at radius 2 is 1.82 bits per heavy atom. The maximum Gasteiger partial charge on any atom is 0.363 e. The van der Waals surface area contributed by atoms with Gasteiger partial charge in [0.2, 0.25) is 5.90 Å². The fourth-order valence-electron chi connectivity index (χ4n) is 3.31. The van der Waals surface area contributed by atoms with Crippen LogP contribution in [0.2, 0.25) is 0 Å². The lowest BCUT2D eigenvalue weighted by molar-refractivity contribution is -0.129. The summed E-state index contributed by atoms with van der Waals surface area (Å²) >= 11 is 3.54. The van der Waals surface area contributed by atoms with E-state index >= 15 is 0 Å². The Balaban J connectivity index is 1.57. The quantitative estimate of drug-likeness (QED) is 0.278. The predicted molar refractivity (Wildman–Crippen MR) is 128 cm³/mol. The topological polar surface area (TPSA) is 57.1 Å². The van der Waals surface area contributed by atoms with Crippen LogP contribution in [-0.4, -0.2) is 25.1 Å². The Labute approximate surface area is 199 Å². The van der Waals surface area contributed by atoms with Crippen molar-refractivity contribution in [1.29, 1.82) is 0 Å². The molecule has 0 amide bonds. The molecule has 4 rings (SSSR count). The van der Waals surface area contributed by atoms with Crippen molar-refractivity contribution in [3.05, 3.63) is 99.4 Å². The van der Waals surface area contributed by atoms with Gasteiger partial charge in [-0.15, -0.1) is 0 Å². The summed E-state index contributed by atoms with van der Waals surface area (Å²) in [4.78, 5) is 16.5. The number of carbonyl (C=O) groups is 1. The van der Waals surface area contributed by atoms with Crippen molar-refractivity contribution in [2.24, 2.45) is 4.99 Å². The van der Waals surface area contributed by atoms with E-state index in [1.807, 2.05) is 37.3 Å². The van der Waals surface area contributed by atoms with Gasteiger partial charge in [0.25, 0.3) is 0 Å². The number of hydrogen-bond donors (Lipinski definition) is 0. The third kappa shape index (κ3) is 5.49. The van der Waals surface area contributed by atoms with Crippen LogP contribution in [0.1, 0.15) is 23.6 Å². The van der Waals surface area contributed by atoms with E-state index < -0.39 is 11.8 Å². The summed E-state index contributed by atoms with van der Waals surface area (Å²) in [6, 6.07) is 19.6. The van der Waals surface area contributed by atoms with Crippen LogP contribution in [0.4, 0.5) is 4.39 Å². The molecule has 5 nitrogen and oxygen atoms in total. The number of benzene rings is 3. The number of rotatable bonds is 8. The summed E-state index contributed by atoms with van der Waals surface area (Å²) in [5, 5.41) is 0. The predicted octanol–water partition coefficient (Wildman–Crippen LogP) is 5.95. The van der Waals surface area contributed by atoms with Gasteiger partial charge in [0.1, 0.15) is 5.82 Å². The van der Waals surface area contributed by atoms with Crippen LogP contribution in [0, 0.1) is 5.82 Å². The van der Waals surface area contributed by atoms with Gasteiger partial charge in [-0.05, 0) is 64.3 Å². The molecule has 3 aromatic rings. The molecule has 0 aliphatic carbocycles. The van der Waals surface area contributed by atoms with Crippen molar-refractivity contribution in [3.63, 3.8) is 0 Å². The third-order valence-electron chi connectivity index (χ3n) is 4.84. The summed E-state index contributed by atoms with van der Waals surface area (Å²) in [7, 11) is 0. The molecule has 1 aliphatic heterocycles. The molecular formula is C26H21BrFNO4. The first kappa shape index (κ1) is 22.7. The fraction of sp³-hybridized carbons (Fsp3) is 0.154. The van der Waals surface area contributed by atoms with Crippen LogP contribution in [0.3, 0.4) is 0 Å². The molecule has 0 atom stereocenters. The second-order valence-corrected chi connectivity index (χ2v) is 8.02. The first-order valence-electron chi connectivity index (χ1n) is 10.5. The van der Waals surface area contributed by atoms with Crippen LogP contribution in [0.15, 0.2) is 81.9 Å². The third-order valence-corrected chi connectivity index (χ3v) is 5.43. The monoisotopic (exact) mass is 509 g/mol. The number of hydrogen-bond acceptors (Lipinski definition) is 5. The zero-order chi connectivity index (χ0) is 23.2. The molecule has 168 valence electrons. The van der Waals surface area contributed by atoms with Gasteiger partial charge < -0.3 is 14.2 Å². The summed E-state index contributed by atoms with van der Waals surface area (Å²) < 4.78 is 31.7. The summed E-state index contributed by atoms with van der Waals surface area (Å²) in [6.07, 6.45) is 2.32. The minimum absolute atomic E-state index is 0.0608. The van der Waals surface area contributed by atoms with Crippen LogP contribution in [-0.2, 0) is 16.0 Å². The highest BCUT2D eigenvalue weighted by molar-refractivity contribution is 9.10. The fourth-order valence-corrected chi connectivity index (χ4v) is 3.88. The molecule has 0 saturated carbocycles. The molecule has 0 bridgehead atoms. The van der Waals surface area contributed by atoms with Crippen molar-refractivity contribution in [2.45, 2.75) is 13.3 Å². The number of cyclic esters (lactones) is 1. The lowest BCUT2D eigenvalue weighted by atomic mass is 10.1. The smallest absolute Gasteiger partial charge is 0.363 e. The summed E-state index contributed by atoms with van der Waals surface area (Å²) in [5.74, 6) is -0.0977. The van der Waals surface area contributed by atoms with E-state index in [0.717, 1.165) is 6.42 Å². The Bertz CT molecular complexity index is 1220. The number of nitrogens with zero attached hydrogens (tertiary/aromatic N) is 1. The minimum Gasteiger partial charge on any atom is -0.490 e. The van der Waals surface area contributed by atoms with E-state index in [2.05, 4.69) is 20.9 Å². The Morgan fingerprint density at radius 3 is 2.58 bits per heavy atom. The Kier molecular flexibility index (Phi) is 7.19. The number of carbonyl (C=O) groups excluding carboxylic acids is 1. The summed E-state index contributed by atoms with van der Waals surface area (Å²) in [5.41, 5.74) is 2.04. The van der Waals surface area contributed by atoms with E-state index in [-0.39, 0.29) is 17.2 Å². The van der Waals surface area contributed by atoms with Crippen molar-refractivity contribution in [3.8, 4) is 11.5 Å². The largest absolute Gasteiger partial charge is 0.490 e. The van der Waals surface area contributed by atoms with E-state index in [9.17, 15) is 9.18 Å². The number of halogens is 2. The second-order valence-electron chi connectivity index (χ2n) is 7.16. The van der Waals surface area contributed by atoms with Gasteiger partial charge in [0.05, 0.1) is 23.2 Å². The standard InChI is InChI=1S/C26H21BrFNO4/c1-2-31-23-16-18(14-20(27)24(23)32-13-12-17-8-4-3-5-9-17)15-22-26(30)33-25(29-22)19-10-6-7-11-21(19)28/h3-11,14-16H,2,12-13H2,1H3/b22-15-. The van der Waals surface area contributed by atoms with Crippen molar-refractivity contribution in [1.82, 2.24) is 0 Å². The molecule has 1 heterocycles. The van der Waals surface area contributed by atoms with Gasteiger partial charge in [-0.2, -0.15) is 0 Å². The van der Waals surface area contributed by atoms with E-state index in [1.165, 1.54) is 17.7 Å². The first-order valence-corrected chi connectivity index (χ1v) is 11.2. The maximum atomic E-state index is 14.0. The zero-order valence-corrected chi connectivity index (χ0v) is 19.5. The van der Waals surface area contributed by atoms with Crippen molar-refractivity contribution >= 4 is 33.9 Å². The Morgan fingerprint density at radius 1 is 1.06 bits per heavy atom. The number of aliphatic imine (C=N–C) groups is 1. The molecule has 0 fully saturated rings. The molecular weight excluding hydrogens is 489 g/mol. The van der Waals surface area contributed by atoms with Gasteiger partial charge in [0, 0.05) is 6.42 Å². The van der Waals surface area contributed by atoms with Crippen LogP contribution >= 0.6 is 15.9 Å². The molecule has 7 heteroatoms. The molecule has 0 spiro atoms. The van der Waals surface area contributed by atoms with Gasteiger partial charge in [-0.25, -0.2) is 14.2 Å². The average Bonchev–Trinajstić information content (AvgIpc) is 3.16. The second kappa shape index (κ2) is 10.4. The first-order chi connectivity index (χ1) is 16.0. The van der Waals surface area contributed by atoms with Crippen molar-refractivity contribution in [2.75, 3.05) is 13.2 Å². The van der Waals surface area contributed by atoms with Gasteiger partial charge in [0.15, 0.2) is 17.2 Å². The molecule has 1 aliphatic rings. The SMILES string of the molecule is CCOc1cc(/C=C2\N=C(c3ccccc3F)OC2=O)cc(Br)c1OCCc1ccccc1. The number of esters is 1. The number of ether oxygens (including phenoxy) is 3. The molecule has 0 N–H and O–H groups in total. The highest BCUT2D eigenvalue weighted by Gasteiger charge is 2.26. The zero-order valence-electron chi connectivity index (χ0n) is 17.9. The van der Waals surface area contributed by atoms with Crippen molar-refractivity contribution < 1.29 is 23.4 Å². The molecule has 3 aromatic carbocycles. The van der Waals surface area contributed by atoms with Crippen LogP contribution in [0.5, 0.6) is 11.5 Å². The Hall–Kier alpha value is -3.45. The molecule has 0 unspecified atom stereocenters. The van der Waals surface area contributed by atoms with Crippen LogP contribution < -0.4 is 9.47 Å². The highest BCUT2D eigenvalue weighted by atomic mass is 79.9. The lowest BCUT2D eigenvalue weighted by Crippen LogP contribution is -2.07. The van der Waals surface area contributed by atoms with Gasteiger partial charge in [-0.1, -0.05) is 42.5 Å². The minimum atomic E-state index is -0.648. The average molecular weight is 510 g/mol. The van der Waals surface area contributed by atoms with Gasteiger partial charge >= 0.3 is 5.97 Å². The molecule has 33 heavy (non-hydrogen) atoms. The maximum absolute atomic E-state index is 14.0. The van der Waals surface area contributed by atoms with E-state index in [4.69, 9.17) is 14.2 Å². The van der Waals surface area contributed by atoms with E-state index in [1.54, 1.807) is 30.3 Å².